The van der Waals surface area contributed by atoms with E-state index in [0.29, 0.717) is 54.3 Å². The first kappa shape index (κ1) is 22.4. The summed E-state index contributed by atoms with van der Waals surface area (Å²) in [5, 5.41) is 4.31. The van der Waals surface area contributed by atoms with Crippen LogP contribution in [-0.2, 0) is 14.3 Å². The van der Waals surface area contributed by atoms with Gasteiger partial charge in [-0.2, -0.15) is 0 Å². The van der Waals surface area contributed by atoms with Crippen LogP contribution in [0.15, 0.2) is 29.5 Å². The number of ether oxygens (including phenoxy) is 1. The molecule has 2 amide bonds. The van der Waals surface area contributed by atoms with Gasteiger partial charge in [0.25, 0.3) is 5.91 Å². The number of nitrogens with one attached hydrogen (secondary N) is 1. The summed E-state index contributed by atoms with van der Waals surface area (Å²) in [6.07, 6.45) is 2.23. The number of hydrogen-bond acceptors (Lipinski definition) is 4. The van der Waals surface area contributed by atoms with E-state index >= 15 is 0 Å². The number of carbonyl (C=O) groups excluding carboxylic acids is 2. The van der Waals surface area contributed by atoms with Crippen molar-refractivity contribution < 1.29 is 14.3 Å². The van der Waals surface area contributed by atoms with Gasteiger partial charge in [0.2, 0.25) is 5.91 Å². The lowest BCUT2D eigenvalue weighted by Crippen LogP contribution is -2.46. The Morgan fingerprint density at radius 2 is 1.94 bits per heavy atom. The SMILES string of the molecule is CN1C(=O)C2=C(NCCN(C(=O)CC3CCOCC3)C2c2ccc(Cl)c(Cl)c2)C1(C)C. The van der Waals surface area contributed by atoms with Crippen LogP contribution in [0.5, 0.6) is 0 Å². The third-order valence-electron chi connectivity index (χ3n) is 6.88. The monoisotopic (exact) mass is 465 g/mol. The summed E-state index contributed by atoms with van der Waals surface area (Å²) < 4.78 is 5.45. The van der Waals surface area contributed by atoms with E-state index in [9.17, 15) is 9.59 Å². The van der Waals surface area contributed by atoms with Crippen molar-refractivity contribution in [3.05, 3.63) is 45.1 Å². The lowest BCUT2D eigenvalue weighted by molar-refractivity contribution is -0.135. The average Bonchev–Trinajstić information content (AvgIpc) is 2.89. The van der Waals surface area contributed by atoms with Crippen LogP contribution in [0.4, 0.5) is 0 Å². The van der Waals surface area contributed by atoms with E-state index in [2.05, 4.69) is 5.32 Å². The Labute approximate surface area is 193 Å². The van der Waals surface area contributed by atoms with E-state index in [1.807, 2.05) is 24.8 Å². The van der Waals surface area contributed by atoms with Gasteiger partial charge in [0.15, 0.2) is 0 Å². The van der Waals surface area contributed by atoms with Gasteiger partial charge in [-0.3, -0.25) is 9.59 Å². The van der Waals surface area contributed by atoms with Crippen molar-refractivity contribution in [1.82, 2.24) is 15.1 Å². The molecule has 0 radical (unpaired) electrons. The smallest absolute Gasteiger partial charge is 0.254 e. The zero-order chi connectivity index (χ0) is 22.3. The molecule has 31 heavy (non-hydrogen) atoms. The zero-order valence-electron chi connectivity index (χ0n) is 18.2. The number of amides is 2. The first-order valence-electron chi connectivity index (χ1n) is 10.8. The third kappa shape index (κ3) is 4.06. The molecular weight excluding hydrogens is 437 g/mol. The lowest BCUT2D eigenvalue weighted by Gasteiger charge is -2.34. The molecule has 6 nitrogen and oxygen atoms in total. The average molecular weight is 466 g/mol. The molecule has 0 spiro atoms. The highest BCUT2D eigenvalue weighted by atomic mass is 35.5. The van der Waals surface area contributed by atoms with Crippen LogP contribution in [-0.4, -0.2) is 60.5 Å². The number of benzene rings is 1. The highest BCUT2D eigenvalue weighted by molar-refractivity contribution is 6.42. The van der Waals surface area contributed by atoms with Crippen molar-refractivity contribution in [2.45, 2.75) is 44.7 Å². The number of hydrogen-bond donors (Lipinski definition) is 1. The molecule has 3 heterocycles. The summed E-state index contributed by atoms with van der Waals surface area (Å²) in [6, 6.07) is 4.86. The van der Waals surface area contributed by atoms with Crippen LogP contribution >= 0.6 is 23.2 Å². The van der Waals surface area contributed by atoms with Crippen LogP contribution in [0.2, 0.25) is 10.0 Å². The van der Waals surface area contributed by atoms with Gasteiger partial charge in [0.05, 0.1) is 27.2 Å². The van der Waals surface area contributed by atoms with E-state index in [4.69, 9.17) is 27.9 Å². The molecular formula is C23H29Cl2N3O3. The van der Waals surface area contributed by atoms with Gasteiger partial charge in [-0.05, 0) is 50.3 Å². The van der Waals surface area contributed by atoms with Gasteiger partial charge < -0.3 is 19.9 Å². The van der Waals surface area contributed by atoms with Crippen LogP contribution in [0, 0.1) is 5.92 Å². The van der Waals surface area contributed by atoms with Crippen molar-refractivity contribution in [2.75, 3.05) is 33.4 Å². The molecule has 1 atom stereocenters. The van der Waals surface area contributed by atoms with Crippen molar-refractivity contribution >= 4 is 35.0 Å². The highest BCUT2D eigenvalue weighted by Gasteiger charge is 2.49. The summed E-state index contributed by atoms with van der Waals surface area (Å²) in [4.78, 5) is 30.5. The minimum Gasteiger partial charge on any atom is -0.384 e. The first-order valence-corrected chi connectivity index (χ1v) is 11.6. The van der Waals surface area contributed by atoms with Crippen molar-refractivity contribution in [3.63, 3.8) is 0 Å². The van der Waals surface area contributed by atoms with E-state index in [1.54, 1.807) is 24.1 Å². The topological polar surface area (TPSA) is 61.9 Å². The van der Waals surface area contributed by atoms with Gasteiger partial charge in [-0.15, -0.1) is 0 Å². The number of rotatable bonds is 3. The largest absolute Gasteiger partial charge is 0.384 e. The summed E-state index contributed by atoms with van der Waals surface area (Å²) in [5.41, 5.74) is 1.80. The van der Waals surface area contributed by atoms with Gasteiger partial charge in [-0.25, -0.2) is 0 Å². The number of halogens is 2. The Morgan fingerprint density at radius 3 is 2.61 bits per heavy atom. The lowest BCUT2D eigenvalue weighted by atomic mass is 9.91. The van der Waals surface area contributed by atoms with Crippen LogP contribution < -0.4 is 5.32 Å². The first-order chi connectivity index (χ1) is 14.7. The van der Waals surface area contributed by atoms with Crippen molar-refractivity contribution in [3.8, 4) is 0 Å². The second-order valence-electron chi connectivity index (χ2n) is 9.06. The quantitative estimate of drug-likeness (QED) is 0.737. The Hall–Kier alpha value is -1.76. The van der Waals surface area contributed by atoms with Crippen LogP contribution in [0.3, 0.4) is 0 Å². The molecule has 3 aliphatic heterocycles. The summed E-state index contributed by atoms with van der Waals surface area (Å²) in [6.45, 7) is 6.52. The zero-order valence-corrected chi connectivity index (χ0v) is 19.7. The second-order valence-corrected chi connectivity index (χ2v) is 9.88. The summed E-state index contributed by atoms with van der Waals surface area (Å²) >= 11 is 12.5. The molecule has 1 saturated heterocycles. The molecule has 0 saturated carbocycles. The molecule has 1 unspecified atom stereocenters. The van der Waals surface area contributed by atoms with E-state index < -0.39 is 11.6 Å². The fourth-order valence-corrected chi connectivity index (χ4v) is 5.11. The second kappa shape index (κ2) is 8.64. The minimum atomic E-state index is -0.510. The Bertz CT molecular complexity index is 925. The molecule has 1 N–H and O–H groups in total. The van der Waals surface area contributed by atoms with Gasteiger partial charge in [0, 0.05) is 45.5 Å². The van der Waals surface area contributed by atoms with E-state index in [1.165, 1.54) is 0 Å². The fraction of sp³-hybridized carbons (Fsp3) is 0.565. The van der Waals surface area contributed by atoms with Crippen molar-refractivity contribution in [1.29, 1.82) is 0 Å². The Kier molecular flexibility index (Phi) is 6.25. The molecule has 0 aromatic heterocycles. The molecule has 1 aromatic carbocycles. The maximum absolute atomic E-state index is 13.5. The molecule has 0 bridgehead atoms. The molecule has 8 heteroatoms. The maximum atomic E-state index is 13.5. The summed E-state index contributed by atoms with van der Waals surface area (Å²) in [5.74, 6) is 0.284. The van der Waals surface area contributed by atoms with E-state index in [0.717, 1.165) is 24.1 Å². The molecule has 168 valence electrons. The predicted molar refractivity (Wildman–Crippen MR) is 121 cm³/mol. The number of nitrogens with zero attached hydrogens (tertiary/aromatic N) is 2. The standard InChI is InChI=1S/C23H29Cl2N3O3/c1-23(2)21-19(22(30)27(23)3)20(15-4-5-16(24)17(25)13-15)28(9-8-26-21)18(29)12-14-6-10-31-11-7-14/h4-5,13-14,20,26H,6-12H2,1-3H3. The molecule has 1 aromatic rings. The number of likely N-dealkylation sites (N-methyl/N-ethyl adjacent to an activating group) is 1. The highest BCUT2D eigenvalue weighted by Crippen LogP contribution is 2.43. The molecule has 4 rings (SSSR count). The minimum absolute atomic E-state index is 0.0543. The molecule has 0 aliphatic carbocycles. The predicted octanol–water partition coefficient (Wildman–Crippen LogP) is 3.79. The molecule has 3 aliphatic rings. The number of carbonyl (C=O) groups is 2. The van der Waals surface area contributed by atoms with Crippen LogP contribution in [0.1, 0.15) is 44.7 Å². The van der Waals surface area contributed by atoms with Gasteiger partial charge in [0.1, 0.15) is 0 Å². The van der Waals surface area contributed by atoms with Gasteiger partial charge in [-0.1, -0.05) is 29.3 Å². The van der Waals surface area contributed by atoms with E-state index in [-0.39, 0.29) is 11.8 Å². The van der Waals surface area contributed by atoms with Crippen LogP contribution in [0.25, 0.3) is 0 Å². The summed E-state index contributed by atoms with van der Waals surface area (Å²) in [7, 11) is 1.80. The third-order valence-corrected chi connectivity index (χ3v) is 7.62. The Morgan fingerprint density at radius 1 is 1.23 bits per heavy atom. The fourth-order valence-electron chi connectivity index (χ4n) is 4.80. The Balaban J connectivity index is 1.77. The van der Waals surface area contributed by atoms with Gasteiger partial charge >= 0.3 is 0 Å². The maximum Gasteiger partial charge on any atom is 0.254 e. The molecule has 1 fully saturated rings. The van der Waals surface area contributed by atoms with Crippen molar-refractivity contribution in [2.24, 2.45) is 5.92 Å². The normalized spacial score (nSPS) is 24.2.